The molecule has 0 radical (unpaired) electrons. The first-order chi connectivity index (χ1) is 15.4. The summed E-state index contributed by atoms with van der Waals surface area (Å²) in [7, 11) is -2.24. The second-order valence-corrected chi connectivity index (χ2v) is 10.3. The van der Waals surface area contributed by atoms with Gasteiger partial charge in [0.25, 0.3) is 0 Å². The molecular formula is C23H25BrN2O5S. The van der Waals surface area contributed by atoms with E-state index in [1.165, 1.54) is 13.2 Å². The van der Waals surface area contributed by atoms with E-state index < -0.39 is 27.0 Å². The van der Waals surface area contributed by atoms with Crippen LogP contribution in [0.2, 0.25) is 0 Å². The number of aldehydes is 1. The van der Waals surface area contributed by atoms with Crippen LogP contribution in [0.25, 0.3) is 0 Å². The Morgan fingerprint density at radius 3 is 2.78 bits per heavy atom. The minimum atomic E-state index is -3.76. The highest BCUT2D eigenvalue weighted by atomic mass is 79.9. The predicted molar refractivity (Wildman–Crippen MR) is 125 cm³/mol. The highest BCUT2D eigenvalue weighted by Crippen LogP contribution is 2.36. The standard InChI is InChI=1S/C23H25BrN2O5S/c1-3-15-31-23(11-10-18(5-4-14-27)16-21(23)30-2)26-13-12-25-17-22(26)32(28,29)20-8-6-19(24)7-9-20/h1,4-11,14,16,21-22,25H,12-13,15,17H2,2H3. The Morgan fingerprint density at radius 1 is 1.38 bits per heavy atom. The molecule has 0 saturated carbocycles. The number of carbonyl (C=O) groups is 1. The number of allylic oxidation sites excluding steroid dienone is 4. The van der Waals surface area contributed by atoms with Crippen molar-refractivity contribution in [1.82, 2.24) is 10.2 Å². The fourth-order valence-corrected chi connectivity index (χ4v) is 5.96. The lowest BCUT2D eigenvalue weighted by atomic mass is 9.93. The molecule has 9 heteroatoms. The normalized spacial score (nSPS) is 26.6. The lowest BCUT2D eigenvalue weighted by Gasteiger charge is -2.50. The molecule has 0 aromatic heterocycles. The zero-order valence-electron chi connectivity index (χ0n) is 17.6. The highest BCUT2D eigenvalue weighted by Gasteiger charge is 2.51. The maximum absolute atomic E-state index is 13.6. The molecule has 1 aliphatic heterocycles. The number of sulfone groups is 1. The molecule has 1 N–H and O–H groups in total. The van der Waals surface area contributed by atoms with Gasteiger partial charge in [0, 0.05) is 31.2 Å². The molecule has 0 amide bonds. The van der Waals surface area contributed by atoms with E-state index in [0.717, 1.165) is 10.0 Å². The van der Waals surface area contributed by atoms with E-state index in [1.54, 1.807) is 53.5 Å². The number of terminal acetylenes is 1. The van der Waals surface area contributed by atoms with Gasteiger partial charge in [0.2, 0.25) is 0 Å². The van der Waals surface area contributed by atoms with Gasteiger partial charge >= 0.3 is 0 Å². The summed E-state index contributed by atoms with van der Waals surface area (Å²) in [5.74, 6) is 2.47. The molecule has 7 nitrogen and oxygen atoms in total. The first-order valence-corrected chi connectivity index (χ1v) is 12.3. The molecule has 170 valence electrons. The molecule has 1 aliphatic carbocycles. The molecule has 0 spiro atoms. The first-order valence-electron chi connectivity index (χ1n) is 9.99. The summed E-state index contributed by atoms with van der Waals surface area (Å²) in [4.78, 5) is 12.7. The van der Waals surface area contributed by atoms with Gasteiger partial charge in [0.1, 0.15) is 24.4 Å². The largest absolute Gasteiger partial charge is 0.372 e. The number of hydrogen-bond acceptors (Lipinski definition) is 7. The summed E-state index contributed by atoms with van der Waals surface area (Å²) in [5, 5.41) is 2.26. The van der Waals surface area contributed by atoms with Gasteiger partial charge in [-0.2, -0.15) is 0 Å². The van der Waals surface area contributed by atoms with Gasteiger partial charge in [0.05, 0.1) is 4.90 Å². The quantitative estimate of drug-likeness (QED) is 0.319. The number of ether oxygens (including phenoxy) is 2. The number of piperazine rings is 1. The fraction of sp³-hybridized carbons (Fsp3) is 0.348. The van der Waals surface area contributed by atoms with Crippen LogP contribution in [-0.4, -0.2) is 70.2 Å². The van der Waals surface area contributed by atoms with Gasteiger partial charge in [-0.3, -0.25) is 9.69 Å². The molecule has 2 aliphatic rings. The van der Waals surface area contributed by atoms with Crippen molar-refractivity contribution in [2.75, 3.05) is 33.4 Å². The Labute approximate surface area is 197 Å². The monoisotopic (exact) mass is 520 g/mol. The van der Waals surface area contributed by atoms with E-state index in [-0.39, 0.29) is 18.0 Å². The van der Waals surface area contributed by atoms with Crippen molar-refractivity contribution in [1.29, 1.82) is 0 Å². The van der Waals surface area contributed by atoms with Crippen molar-refractivity contribution in [2.24, 2.45) is 0 Å². The molecular weight excluding hydrogens is 496 g/mol. The average molecular weight is 521 g/mol. The van der Waals surface area contributed by atoms with E-state index in [1.807, 2.05) is 0 Å². The van der Waals surface area contributed by atoms with Crippen molar-refractivity contribution in [2.45, 2.75) is 22.1 Å². The third-order valence-electron chi connectivity index (χ3n) is 5.42. The van der Waals surface area contributed by atoms with Crippen molar-refractivity contribution >= 4 is 32.1 Å². The van der Waals surface area contributed by atoms with Crippen LogP contribution in [0.5, 0.6) is 0 Å². The third kappa shape index (κ3) is 4.96. The number of hydrogen-bond donors (Lipinski definition) is 1. The molecule has 3 rings (SSSR count). The second-order valence-electron chi connectivity index (χ2n) is 7.25. The predicted octanol–water partition coefficient (Wildman–Crippen LogP) is 2.07. The van der Waals surface area contributed by atoms with Gasteiger partial charge in [-0.25, -0.2) is 8.42 Å². The third-order valence-corrected chi connectivity index (χ3v) is 8.01. The molecule has 32 heavy (non-hydrogen) atoms. The van der Waals surface area contributed by atoms with Crippen molar-refractivity contribution < 1.29 is 22.7 Å². The summed E-state index contributed by atoms with van der Waals surface area (Å²) in [6.07, 6.45) is 13.9. The molecule has 3 atom stereocenters. The first kappa shape index (κ1) is 24.6. The molecule has 1 saturated heterocycles. The summed E-state index contributed by atoms with van der Waals surface area (Å²) in [6, 6.07) is 6.55. The van der Waals surface area contributed by atoms with E-state index in [0.29, 0.717) is 19.4 Å². The van der Waals surface area contributed by atoms with Gasteiger partial charge < -0.3 is 14.8 Å². The van der Waals surface area contributed by atoms with Crippen LogP contribution >= 0.6 is 15.9 Å². The minimum absolute atomic E-state index is 0.0352. The lowest BCUT2D eigenvalue weighted by Crippen LogP contribution is -2.68. The van der Waals surface area contributed by atoms with E-state index in [9.17, 15) is 13.2 Å². The summed E-state index contributed by atoms with van der Waals surface area (Å²) in [6.45, 7) is 1.14. The van der Waals surface area contributed by atoms with E-state index >= 15 is 0 Å². The number of halogens is 1. The van der Waals surface area contributed by atoms with Crippen LogP contribution in [0.15, 0.2) is 69.6 Å². The zero-order chi connectivity index (χ0) is 23.2. The van der Waals surface area contributed by atoms with Crippen molar-refractivity contribution in [3.63, 3.8) is 0 Å². The number of nitrogens with zero attached hydrogens (tertiary/aromatic N) is 1. The minimum Gasteiger partial charge on any atom is -0.372 e. The smallest absolute Gasteiger partial charge is 0.195 e. The molecule has 1 aromatic rings. The van der Waals surface area contributed by atoms with Gasteiger partial charge in [0.15, 0.2) is 15.6 Å². The number of rotatable bonds is 8. The Kier molecular flexibility index (Phi) is 8.22. The summed E-state index contributed by atoms with van der Waals surface area (Å²) < 4.78 is 40.0. The van der Waals surface area contributed by atoms with Crippen LogP contribution in [0.4, 0.5) is 0 Å². The Bertz CT molecular complexity index is 1060. The van der Waals surface area contributed by atoms with Crippen LogP contribution in [0.1, 0.15) is 0 Å². The van der Waals surface area contributed by atoms with Crippen LogP contribution in [0, 0.1) is 12.3 Å². The summed E-state index contributed by atoms with van der Waals surface area (Å²) >= 11 is 3.34. The molecule has 0 bridgehead atoms. The zero-order valence-corrected chi connectivity index (χ0v) is 20.0. The number of nitrogens with one attached hydrogen (secondary N) is 1. The van der Waals surface area contributed by atoms with Gasteiger partial charge in [-0.1, -0.05) is 34.0 Å². The topological polar surface area (TPSA) is 84.9 Å². The van der Waals surface area contributed by atoms with Crippen LogP contribution < -0.4 is 5.32 Å². The van der Waals surface area contributed by atoms with Crippen molar-refractivity contribution in [3.05, 3.63) is 64.7 Å². The van der Waals surface area contributed by atoms with E-state index in [4.69, 9.17) is 15.9 Å². The highest BCUT2D eigenvalue weighted by molar-refractivity contribution is 9.10. The SMILES string of the molecule is C#CCOC1(N2CCNCC2S(=O)(=O)c2ccc(Br)cc2)C=CC(C=CC=O)=CC1OC. The number of carbonyl (C=O) groups excluding carboxylic acids is 1. The maximum atomic E-state index is 13.6. The molecule has 1 heterocycles. The van der Waals surface area contributed by atoms with Crippen LogP contribution in [0.3, 0.4) is 0 Å². The Hall–Kier alpha value is -2.06. The Morgan fingerprint density at radius 2 is 2.12 bits per heavy atom. The summed E-state index contributed by atoms with van der Waals surface area (Å²) in [5.41, 5.74) is -0.499. The second kappa shape index (κ2) is 10.7. The Balaban J connectivity index is 2.07. The molecule has 1 fully saturated rings. The van der Waals surface area contributed by atoms with E-state index in [2.05, 4.69) is 27.2 Å². The fourth-order valence-electron chi connectivity index (χ4n) is 3.93. The van der Waals surface area contributed by atoms with Gasteiger partial charge in [-0.15, -0.1) is 6.42 Å². The molecule has 1 aromatic carbocycles. The lowest BCUT2D eigenvalue weighted by molar-refractivity contribution is -0.178. The maximum Gasteiger partial charge on any atom is 0.195 e. The van der Waals surface area contributed by atoms with Gasteiger partial charge in [-0.05, 0) is 48.1 Å². The molecule has 3 unspecified atom stereocenters. The number of methoxy groups -OCH3 is 1. The average Bonchev–Trinajstić information content (AvgIpc) is 2.82. The van der Waals surface area contributed by atoms with Crippen molar-refractivity contribution in [3.8, 4) is 12.3 Å². The number of benzene rings is 1. The van der Waals surface area contributed by atoms with Crippen LogP contribution in [-0.2, 0) is 24.1 Å².